The molecule has 1 fully saturated rings. The van der Waals surface area contributed by atoms with Gasteiger partial charge in [-0.05, 0) is 50.9 Å². The minimum atomic E-state index is 0.0226. The molecule has 5 heteroatoms. The number of carbonyl (C=O) groups is 1. The predicted molar refractivity (Wildman–Crippen MR) is 98.4 cm³/mol. The van der Waals surface area contributed by atoms with Crippen molar-refractivity contribution >= 4 is 11.6 Å². The summed E-state index contributed by atoms with van der Waals surface area (Å²) in [7, 11) is 0. The molecule has 0 saturated carbocycles. The molecule has 0 atom stereocenters. The Hall–Kier alpha value is -2.40. The van der Waals surface area contributed by atoms with Crippen molar-refractivity contribution < 1.29 is 9.52 Å². The first-order valence-corrected chi connectivity index (χ1v) is 8.81. The summed E-state index contributed by atoms with van der Waals surface area (Å²) in [6.07, 6.45) is 3.37. The van der Waals surface area contributed by atoms with Gasteiger partial charge in [0.2, 0.25) is 5.91 Å². The Morgan fingerprint density at radius 2 is 1.84 bits per heavy atom. The minimum Gasteiger partial charge on any atom is -0.618 e. The van der Waals surface area contributed by atoms with Crippen molar-refractivity contribution in [1.82, 2.24) is 4.90 Å². The number of benzene rings is 1. The van der Waals surface area contributed by atoms with Gasteiger partial charge in [0, 0.05) is 23.7 Å². The maximum Gasteiger partial charge on any atom is 0.238 e. The van der Waals surface area contributed by atoms with Gasteiger partial charge in [-0.15, -0.1) is 0 Å². The van der Waals surface area contributed by atoms with Crippen molar-refractivity contribution in [3.05, 3.63) is 64.6 Å². The summed E-state index contributed by atoms with van der Waals surface area (Å²) in [6.45, 7) is 6.07. The highest BCUT2D eigenvalue weighted by molar-refractivity contribution is 5.93. The number of likely N-dealkylation sites (tertiary alicyclic amines) is 1. The fourth-order valence-electron chi connectivity index (χ4n) is 3.54. The van der Waals surface area contributed by atoms with Gasteiger partial charge in [0.1, 0.15) is 0 Å². The van der Waals surface area contributed by atoms with Gasteiger partial charge in [0.15, 0.2) is 11.9 Å². The second-order valence-electron chi connectivity index (χ2n) is 6.82. The molecule has 0 radical (unpaired) electrons. The normalized spacial score (nSPS) is 15.9. The number of aromatic nitrogens is 1. The van der Waals surface area contributed by atoms with Crippen LogP contribution < -0.4 is 10.0 Å². The van der Waals surface area contributed by atoms with Crippen molar-refractivity contribution in [3.8, 4) is 0 Å². The second kappa shape index (κ2) is 7.66. The van der Waals surface area contributed by atoms with Crippen LogP contribution in [0, 0.1) is 19.1 Å². The third-order valence-corrected chi connectivity index (χ3v) is 4.97. The number of aryl methyl sites for hydroxylation is 2. The minimum absolute atomic E-state index is 0.0226. The van der Waals surface area contributed by atoms with E-state index >= 15 is 0 Å². The van der Waals surface area contributed by atoms with Crippen molar-refractivity contribution in [2.24, 2.45) is 0 Å². The Labute approximate surface area is 148 Å². The molecule has 0 bridgehead atoms. The highest BCUT2D eigenvalue weighted by atomic mass is 16.5. The van der Waals surface area contributed by atoms with Crippen molar-refractivity contribution in [2.75, 3.05) is 25.0 Å². The molecule has 132 valence electrons. The summed E-state index contributed by atoms with van der Waals surface area (Å²) in [5.74, 6) is 0.297. The predicted octanol–water partition coefficient (Wildman–Crippen LogP) is 2.75. The first kappa shape index (κ1) is 17.4. The molecule has 1 saturated heterocycles. The zero-order chi connectivity index (χ0) is 17.8. The van der Waals surface area contributed by atoms with Crippen LogP contribution in [0.25, 0.3) is 0 Å². The van der Waals surface area contributed by atoms with Crippen LogP contribution in [-0.4, -0.2) is 30.4 Å². The van der Waals surface area contributed by atoms with Crippen LogP contribution in [0.3, 0.4) is 0 Å². The van der Waals surface area contributed by atoms with Crippen LogP contribution in [0.4, 0.5) is 5.69 Å². The number of rotatable bonds is 4. The maximum atomic E-state index is 12.4. The van der Waals surface area contributed by atoms with Crippen molar-refractivity contribution in [2.45, 2.75) is 32.6 Å². The number of pyridine rings is 1. The molecule has 1 aromatic carbocycles. The molecule has 1 amide bonds. The van der Waals surface area contributed by atoms with Crippen LogP contribution in [-0.2, 0) is 4.79 Å². The molecular weight excluding hydrogens is 314 g/mol. The van der Waals surface area contributed by atoms with Gasteiger partial charge >= 0.3 is 0 Å². The number of hydrogen-bond donors (Lipinski definition) is 1. The molecule has 0 aliphatic carbocycles. The van der Waals surface area contributed by atoms with E-state index in [0.717, 1.165) is 53.2 Å². The molecule has 1 N–H and O–H groups in total. The fourth-order valence-corrected chi connectivity index (χ4v) is 3.54. The van der Waals surface area contributed by atoms with Gasteiger partial charge < -0.3 is 10.5 Å². The molecule has 1 aliphatic heterocycles. The Morgan fingerprint density at radius 3 is 2.48 bits per heavy atom. The van der Waals surface area contributed by atoms with Crippen LogP contribution in [0.15, 0.2) is 42.6 Å². The smallest absolute Gasteiger partial charge is 0.238 e. The lowest BCUT2D eigenvalue weighted by molar-refractivity contribution is -0.616. The maximum absolute atomic E-state index is 12.4. The van der Waals surface area contributed by atoms with Gasteiger partial charge in [0.05, 0.1) is 6.54 Å². The number of amides is 1. The Kier molecular flexibility index (Phi) is 5.34. The average Bonchev–Trinajstić information content (AvgIpc) is 2.60. The van der Waals surface area contributed by atoms with Crippen molar-refractivity contribution in [3.63, 3.8) is 0 Å². The van der Waals surface area contributed by atoms with E-state index in [0.29, 0.717) is 6.54 Å². The summed E-state index contributed by atoms with van der Waals surface area (Å²) in [5, 5.41) is 14.9. The molecule has 0 unspecified atom stereocenters. The molecule has 1 aliphatic rings. The Bertz CT molecular complexity index is 732. The largest absolute Gasteiger partial charge is 0.618 e. The number of anilines is 1. The van der Waals surface area contributed by atoms with Crippen LogP contribution >= 0.6 is 0 Å². The van der Waals surface area contributed by atoms with E-state index in [2.05, 4.69) is 10.2 Å². The number of nitrogens with zero attached hydrogens (tertiary/aromatic N) is 2. The van der Waals surface area contributed by atoms with Crippen LogP contribution in [0.2, 0.25) is 0 Å². The molecular formula is C20H25N3O2. The number of hydrogen-bond acceptors (Lipinski definition) is 3. The molecule has 0 spiro atoms. The first-order valence-electron chi connectivity index (χ1n) is 8.81. The van der Waals surface area contributed by atoms with E-state index in [1.165, 1.54) is 0 Å². The summed E-state index contributed by atoms with van der Waals surface area (Å²) < 4.78 is 0.966. The zero-order valence-corrected chi connectivity index (χ0v) is 14.9. The third-order valence-electron chi connectivity index (χ3n) is 4.97. The van der Waals surface area contributed by atoms with Gasteiger partial charge in [-0.1, -0.05) is 24.3 Å². The molecule has 2 aromatic rings. The monoisotopic (exact) mass is 339 g/mol. The Morgan fingerprint density at radius 1 is 1.16 bits per heavy atom. The van der Waals surface area contributed by atoms with Crippen molar-refractivity contribution in [1.29, 1.82) is 0 Å². The van der Waals surface area contributed by atoms with Crippen LogP contribution in [0.1, 0.15) is 35.6 Å². The van der Waals surface area contributed by atoms with E-state index in [4.69, 9.17) is 0 Å². The highest BCUT2D eigenvalue weighted by Gasteiger charge is 2.26. The summed E-state index contributed by atoms with van der Waals surface area (Å²) in [6, 6.07) is 11.6. The first-order chi connectivity index (χ1) is 12.0. The number of piperidine rings is 1. The molecule has 25 heavy (non-hydrogen) atoms. The fraction of sp³-hybridized carbons (Fsp3) is 0.400. The lowest BCUT2D eigenvalue weighted by Crippen LogP contribution is -2.41. The summed E-state index contributed by atoms with van der Waals surface area (Å²) in [4.78, 5) is 14.5. The van der Waals surface area contributed by atoms with E-state index in [1.807, 2.05) is 44.2 Å². The topological polar surface area (TPSA) is 59.3 Å². The summed E-state index contributed by atoms with van der Waals surface area (Å²) in [5.41, 5.74) is 3.91. The van der Waals surface area contributed by atoms with Gasteiger partial charge in [0.25, 0.3) is 0 Å². The van der Waals surface area contributed by atoms with E-state index in [-0.39, 0.29) is 11.8 Å². The van der Waals surface area contributed by atoms with Gasteiger partial charge in [-0.3, -0.25) is 9.69 Å². The lowest BCUT2D eigenvalue weighted by atomic mass is 9.93. The number of carbonyl (C=O) groups excluding carboxylic acids is 1. The summed E-state index contributed by atoms with van der Waals surface area (Å²) >= 11 is 0. The van der Waals surface area contributed by atoms with Crippen LogP contribution in [0.5, 0.6) is 0 Å². The standard InChI is InChI=1S/C20H25N3O2/c1-15-6-5-7-16(2)20(15)21-19(24)14-22-12-9-17(10-13-22)18-8-3-4-11-23(18)25/h3-8,11,17H,9-10,12-14H2,1-2H3,(H,21,24). The van der Waals surface area contributed by atoms with E-state index in [9.17, 15) is 10.0 Å². The molecule has 1 aromatic heterocycles. The SMILES string of the molecule is Cc1cccc(C)c1NC(=O)CN1CCC(c2cccc[n+]2[O-])CC1. The average molecular weight is 339 g/mol. The molecule has 2 heterocycles. The molecule has 3 rings (SSSR count). The lowest BCUT2D eigenvalue weighted by Gasteiger charge is -2.30. The van der Waals surface area contributed by atoms with E-state index in [1.54, 1.807) is 12.3 Å². The van der Waals surface area contributed by atoms with Gasteiger partial charge in [-0.2, -0.15) is 4.73 Å². The quantitative estimate of drug-likeness (QED) is 0.688. The second-order valence-corrected chi connectivity index (χ2v) is 6.82. The van der Waals surface area contributed by atoms with Gasteiger partial charge in [-0.25, -0.2) is 0 Å². The number of nitrogens with one attached hydrogen (secondary N) is 1. The number of para-hydroxylation sites is 1. The molecule has 5 nitrogen and oxygen atoms in total. The Balaban J connectivity index is 1.54. The van der Waals surface area contributed by atoms with E-state index < -0.39 is 0 Å². The third kappa shape index (κ3) is 4.17. The highest BCUT2D eigenvalue weighted by Crippen LogP contribution is 2.25. The zero-order valence-electron chi connectivity index (χ0n) is 14.9.